The minimum atomic E-state index is 0.544. The van der Waals surface area contributed by atoms with E-state index in [-0.39, 0.29) is 0 Å². The van der Waals surface area contributed by atoms with E-state index in [1.54, 1.807) is 11.1 Å². The van der Waals surface area contributed by atoms with Gasteiger partial charge >= 0.3 is 0 Å². The minimum absolute atomic E-state index is 0.544. The van der Waals surface area contributed by atoms with E-state index in [1.165, 1.54) is 56.9 Å². The Morgan fingerprint density at radius 2 is 2.08 bits per heavy atom. The Hall–Kier alpha value is -0.780. The molecule has 3 rings (SSSR count). The SMILES string of the molecule is C=C1CCC2C(C)=CCC3C(C(C)CCC=C(C)C)CCC3(C)CC12. The lowest BCUT2D eigenvalue weighted by Crippen LogP contribution is -2.32. The van der Waals surface area contributed by atoms with E-state index >= 15 is 0 Å². The zero-order valence-electron chi connectivity index (χ0n) is 17.4. The van der Waals surface area contributed by atoms with Crippen LogP contribution in [0.4, 0.5) is 0 Å². The molecule has 0 aromatic heterocycles. The van der Waals surface area contributed by atoms with E-state index in [0.717, 1.165) is 29.6 Å². The summed E-state index contributed by atoms with van der Waals surface area (Å²) in [6.07, 6.45) is 16.0. The van der Waals surface area contributed by atoms with Gasteiger partial charge in [-0.15, -0.1) is 0 Å². The van der Waals surface area contributed by atoms with Gasteiger partial charge in [-0.1, -0.05) is 49.3 Å². The van der Waals surface area contributed by atoms with E-state index in [2.05, 4.69) is 53.3 Å². The normalized spacial score (nSPS) is 39.1. The lowest BCUT2D eigenvalue weighted by molar-refractivity contribution is 0.121. The van der Waals surface area contributed by atoms with Gasteiger partial charge in [-0.3, -0.25) is 0 Å². The van der Waals surface area contributed by atoms with Crippen LogP contribution in [0.1, 0.15) is 86.0 Å². The smallest absolute Gasteiger partial charge is 0.0135 e. The van der Waals surface area contributed by atoms with Crippen molar-refractivity contribution in [1.29, 1.82) is 0 Å². The van der Waals surface area contributed by atoms with Crippen LogP contribution >= 0.6 is 0 Å². The van der Waals surface area contributed by atoms with E-state index in [4.69, 9.17) is 0 Å². The van der Waals surface area contributed by atoms with Crippen LogP contribution in [0.5, 0.6) is 0 Å². The molecule has 0 aliphatic heterocycles. The topological polar surface area (TPSA) is 0 Å². The van der Waals surface area contributed by atoms with Crippen LogP contribution in [-0.4, -0.2) is 0 Å². The van der Waals surface area contributed by atoms with Crippen molar-refractivity contribution in [2.45, 2.75) is 86.0 Å². The average molecular weight is 341 g/mol. The number of hydrogen-bond donors (Lipinski definition) is 0. The molecule has 3 aliphatic carbocycles. The largest absolute Gasteiger partial charge is 0.0996 e. The summed E-state index contributed by atoms with van der Waals surface area (Å²) >= 11 is 0. The summed E-state index contributed by atoms with van der Waals surface area (Å²) in [6.45, 7) is 16.5. The highest BCUT2D eigenvalue weighted by atomic mass is 14.5. The quantitative estimate of drug-likeness (QED) is 0.459. The van der Waals surface area contributed by atoms with Crippen LogP contribution in [0, 0.1) is 35.0 Å². The van der Waals surface area contributed by atoms with Gasteiger partial charge in [0, 0.05) is 0 Å². The van der Waals surface area contributed by atoms with Crippen molar-refractivity contribution in [3.63, 3.8) is 0 Å². The minimum Gasteiger partial charge on any atom is -0.0996 e. The van der Waals surface area contributed by atoms with Gasteiger partial charge in [-0.05, 0) is 107 Å². The van der Waals surface area contributed by atoms with Crippen LogP contribution < -0.4 is 0 Å². The van der Waals surface area contributed by atoms with Crippen molar-refractivity contribution in [3.8, 4) is 0 Å². The molecule has 0 nitrogen and oxygen atoms in total. The Balaban J connectivity index is 1.77. The highest BCUT2D eigenvalue weighted by Gasteiger charge is 2.49. The molecule has 0 aromatic carbocycles. The summed E-state index contributed by atoms with van der Waals surface area (Å²) in [4.78, 5) is 0. The molecule has 3 aliphatic rings. The first-order chi connectivity index (χ1) is 11.8. The maximum absolute atomic E-state index is 4.47. The van der Waals surface area contributed by atoms with Crippen LogP contribution in [0.3, 0.4) is 0 Å². The third-order valence-corrected chi connectivity index (χ3v) is 8.12. The van der Waals surface area contributed by atoms with E-state index < -0.39 is 0 Å². The number of hydrogen-bond acceptors (Lipinski definition) is 0. The number of allylic oxidation sites excluding steroid dienone is 5. The molecule has 0 saturated heterocycles. The lowest BCUT2D eigenvalue weighted by Gasteiger charge is -2.41. The Kier molecular flexibility index (Phi) is 5.66. The van der Waals surface area contributed by atoms with Crippen molar-refractivity contribution in [2.75, 3.05) is 0 Å². The van der Waals surface area contributed by atoms with Gasteiger partial charge in [0.2, 0.25) is 0 Å². The van der Waals surface area contributed by atoms with Gasteiger partial charge in [-0.2, -0.15) is 0 Å². The summed E-state index contributed by atoms with van der Waals surface area (Å²) in [5.41, 5.74) is 5.25. The standard InChI is InChI=1S/C25H40/c1-17(2)8-7-9-18(3)22-14-15-25(6)16-23-20(5)10-12-21(23)19(4)11-13-24(22)25/h8,11,18,21-24H,5,7,9-10,12-16H2,1-4,6H3. The van der Waals surface area contributed by atoms with Gasteiger partial charge in [-0.25, -0.2) is 0 Å². The second kappa shape index (κ2) is 7.45. The fourth-order valence-corrected chi connectivity index (χ4v) is 6.45. The Labute approximate surface area is 156 Å². The van der Waals surface area contributed by atoms with Crippen LogP contribution in [0.15, 0.2) is 35.5 Å². The predicted octanol–water partition coefficient (Wildman–Crippen LogP) is 7.72. The van der Waals surface area contributed by atoms with Crippen LogP contribution in [0.25, 0.3) is 0 Å². The second-order valence-electron chi connectivity index (χ2n) is 10.1. The highest BCUT2D eigenvalue weighted by molar-refractivity contribution is 5.22. The lowest BCUT2D eigenvalue weighted by atomic mass is 9.64. The van der Waals surface area contributed by atoms with E-state index in [1.807, 2.05) is 0 Å². The summed E-state index contributed by atoms with van der Waals surface area (Å²) in [5, 5.41) is 0. The first-order valence-electron chi connectivity index (χ1n) is 10.8. The Bertz CT molecular complexity index is 559. The van der Waals surface area contributed by atoms with Gasteiger partial charge in [0.15, 0.2) is 0 Å². The molecule has 0 radical (unpaired) electrons. The monoisotopic (exact) mass is 340 g/mol. The van der Waals surface area contributed by atoms with Gasteiger partial charge in [0.05, 0.1) is 0 Å². The predicted molar refractivity (Wildman–Crippen MR) is 110 cm³/mol. The first-order valence-corrected chi connectivity index (χ1v) is 10.8. The second-order valence-corrected chi connectivity index (χ2v) is 10.1. The molecule has 0 amide bonds. The zero-order chi connectivity index (χ0) is 18.2. The Morgan fingerprint density at radius 3 is 2.80 bits per heavy atom. The van der Waals surface area contributed by atoms with Gasteiger partial charge in [0.25, 0.3) is 0 Å². The maximum atomic E-state index is 4.47. The van der Waals surface area contributed by atoms with Crippen LogP contribution in [0.2, 0.25) is 0 Å². The van der Waals surface area contributed by atoms with Crippen molar-refractivity contribution >= 4 is 0 Å². The van der Waals surface area contributed by atoms with Crippen LogP contribution in [-0.2, 0) is 0 Å². The highest BCUT2D eigenvalue weighted by Crippen LogP contribution is 2.59. The first kappa shape index (κ1) is 19.0. The molecule has 6 unspecified atom stereocenters. The van der Waals surface area contributed by atoms with Gasteiger partial charge in [0.1, 0.15) is 0 Å². The zero-order valence-corrected chi connectivity index (χ0v) is 17.4. The maximum Gasteiger partial charge on any atom is -0.0135 e. The third-order valence-electron chi connectivity index (χ3n) is 8.12. The molecule has 0 aromatic rings. The molecule has 0 heterocycles. The molecule has 140 valence electrons. The molecule has 0 bridgehead atoms. The van der Waals surface area contributed by atoms with Gasteiger partial charge < -0.3 is 0 Å². The molecule has 6 atom stereocenters. The van der Waals surface area contributed by atoms with E-state index in [0.29, 0.717) is 5.41 Å². The summed E-state index contributed by atoms with van der Waals surface area (Å²) in [6, 6.07) is 0. The molecule has 2 fully saturated rings. The fourth-order valence-electron chi connectivity index (χ4n) is 6.45. The molecule has 0 N–H and O–H groups in total. The molecule has 25 heavy (non-hydrogen) atoms. The van der Waals surface area contributed by atoms with Crippen molar-refractivity contribution < 1.29 is 0 Å². The summed E-state index contributed by atoms with van der Waals surface area (Å²) in [5.74, 6) is 4.24. The summed E-state index contributed by atoms with van der Waals surface area (Å²) in [7, 11) is 0. The van der Waals surface area contributed by atoms with Crippen molar-refractivity contribution in [1.82, 2.24) is 0 Å². The summed E-state index contributed by atoms with van der Waals surface area (Å²) < 4.78 is 0. The Morgan fingerprint density at radius 1 is 1.32 bits per heavy atom. The van der Waals surface area contributed by atoms with Crippen molar-refractivity contribution in [3.05, 3.63) is 35.5 Å². The molecule has 2 saturated carbocycles. The third kappa shape index (κ3) is 3.83. The van der Waals surface area contributed by atoms with E-state index in [9.17, 15) is 0 Å². The average Bonchev–Trinajstić information content (AvgIpc) is 3.04. The molecular weight excluding hydrogens is 300 g/mol. The fraction of sp³-hybridized carbons (Fsp3) is 0.760. The number of fused-ring (bicyclic) bond motifs is 2. The molecule has 0 heteroatoms. The molecular formula is C25H40. The molecule has 0 spiro atoms. The number of rotatable bonds is 4. The van der Waals surface area contributed by atoms with Crippen molar-refractivity contribution in [2.24, 2.45) is 35.0 Å².